The third kappa shape index (κ3) is 4.15. The summed E-state index contributed by atoms with van der Waals surface area (Å²) in [6.07, 6.45) is 0. The predicted octanol–water partition coefficient (Wildman–Crippen LogP) is 4.10. The van der Waals surface area contributed by atoms with Crippen LogP contribution in [-0.2, 0) is 6.54 Å². The van der Waals surface area contributed by atoms with Gasteiger partial charge in [-0.15, -0.1) is 0 Å². The normalized spacial score (nSPS) is 10.2. The van der Waals surface area contributed by atoms with Crippen molar-refractivity contribution in [3.05, 3.63) is 64.7 Å². The summed E-state index contributed by atoms with van der Waals surface area (Å²) in [6, 6.07) is 10.4. The molecule has 6 heteroatoms. The second kappa shape index (κ2) is 6.63. The van der Waals surface area contributed by atoms with Crippen LogP contribution in [-0.4, -0.2) is 5.11 Å². The van der Waals surface area contributed by atoms with Crippen LogP contribution in [0, 0.1) is 11.6 Å². The second-order valence-electron chi connectivity index (χ2n) is 4.06. The zero-order valence-electron chi connectivity index (χ0n) is 10.3. The number of benzene rings is 2. The summed E-state index contributed by atoms with van der Waals surface area (Å²) in [7, 11) is 0. The number of rotatable bonds is 3. The van der Waals surface area contributed by atoms with Crippen molar-refractivity contribution in [2.45, 2.75) is 6.54 Å². The highest BCUT2D eigenvalue weighted by atomic mass is 35.5. The largest absolute Gasteiger partial charge is 0.358 e. The molecule has 0 aliphatic rings. The minimum Gasteiger partial charge on any atom is -0.358 e. The lowest BCUT2D eigenvalue weighted by Crippen LogP contribution is -2.28. The molecule has 104 valence electrons. The molecule has 2 nitrogen and oxygen atoms in total. The predicted molar refractivity (Wildman–Crippen MR) is 80.9 cm³/mol. The fourth-order valence-electron chi connectivity index (χ4n) is 1.54. The van der Waals surface area contributed by atoms with Gasteiger partial charge in [0, 0.05) is 17.6 Å². The summed E-state index contributed by atoms with van der Waals surface area (Å²) in [5.41, 5.74) is 0.969. The highest BCUT2D eigenvalue weighted by Crippen LogP contribution is 2.15. The molecule has 0 amide bonds. The fraction of sp³-hybridized carbons (Fsp3) is 0.0714. The van der Waals surface area contributed by atoms with Crippen LogP contribution >= 0.6 is 23.8 Å². The number of hydrogen-bond donors (Lipinski definition) is 2. The maximum atomic E-state index is 13.4. The lowest BCUT2D eigenvalue weighted by molar-refractivity contribution is 0.604. The first-order valence-electron chi connectivity index (χ1n) is 5.79. The van der Waals surface area contributed by atoms with Crippen molar-refractivity contribution in [1.82, 2.24) is 5.32 Å². The summed E-state index contributed by atoms with van der Waals surface area (Å²) in [5.74, 6) is -1.10. The van der Waals surface area contributed by atoms with Gasteiger partial charge in [0.1, 0.15) is 11.6 Å². The average Bonchev–Trinajstić information content (AvgIpc) is 2.42. The third-order valence-corrected chi connectivity index (χ3v) is 3.04. The van der Waals surface area contributed by atoms with Crippen molar-refractivity contribution in [2.75, 3.05) is 5.32 Å². The van der Waals surface area contributed by atoms with Crippen LogP contribution in [0.15, 0.2) is 42.5 Å². The topological polar surface area (TPSA) is 24.1 Å². The van der Waals surface area contributed by atoms with E-state index in [1.807, 2.05) is 12.1 Å². The molecule has 0 saturated carbocycles. The molecular formula is C14H11ClF2N2S. The number of hydrogen-bond acceptors (Lipinski definition) is 1. The van der Waals surface area contributed by atoms with Crippen LogP contribution in [0.4, 0.5) is 14.5 Å². The standard InChI is InChI=1S/C14H11ClF2N2S/c15-10-3-1-9(2-4-10)8-18-14(20)19-13-7-11(16)5-6-12(13)17/h1-7H,8H2,(H2,18,19,20). The lowest BCUT2D eigenvalue weighted by Gasteiger charge is -2.11. The van der Waals surface area contributed by atoms with E-state index in [0.717, 1.165) is 23.8 Å². The molecule has 2 aromatic carbocycles. The summed E-state index contributed by atoms with van der Waals surface area (Å²) < 4.78 is 26.4. The zero-order valence-corrected chi connectivity index (χ0v) is 11.9. The number of anilines is 1. The van der Waals surface area contributed by atoms with E-state index in [0.29, 0.717) is 11.6 Å². The van der Waals surface area contributed by atoms with Gasteiger partial charge < -0.3 is 10.6 Å². The molecule has 2 aromatic rings. The van der Waals surface area contributed by atoms with Crippen LogP contribution in [0.25, 0.3) is 0 Å². The van der Waals surface area contributed by atoms with E-state index in [4.69, 9.17) is 23.8 Å². The van der Waals surface area contributed by atoms with Gasteiger partial charge in [0.15, 0.2) is 5.11 Å². The first kappa shape index (κ1) is 14.7. The Morgan fingerprint density at radius 3 is 2.50 bits per heavy atom. The molecule has 0 unspecified atom stereocenters. The van der Waals surface area contributed by atoms with Crippen molar-refractivity contribution in [3.63, 3.8) is 0 Å². The van der Waals surface area contributed by atoms with Gasteiger partial charge in [0.2, 0.25) is 0 Å². The van der Waals surface area contributed by atoms with Gasteiger partial charge in [-0.3, -0.25) is 0 Å². The van der Waals surface area contributed by atoms with Crippen LogP contribution in [0.2, 0.25) is 5.02 Å². The van der Waals surface area contributed by atoms with Crippen LogP contribution < -0.4 is 10.6 Å². The molecule has 0 bridgehead atoms. The van der Waals surface area contributed by atoms with Crippen molar-refractivity contribution >= 4 is 34.6 Å². The number of nitrogens with one attached hydrogen (secondary N) is 2. The molecule has 0 fully saturated rings. The monoisotopic (exact) mass is 312 g/mol. The van der Waals surface area contributed by atoms with Gasteiger partial charge in [0.25, 0.3) is 0 Å². The summed E-state index contributed by atoms with van der Waals surface area (Å²) in [5, 5.41) is 6.38. The van der Waals surface area contributed by atoms with Crippen LogP contribution in [0.5, 0.6) is 0 Å². The first-order chi connectivity index (χ1) is 9.54. The molecule has 0 spiro atoms. The molecule has 0 aliphatic carbocycles. The van der Waals surface area contributed by atoms with Crippen LogP contribution in [0.3, 0.4) is 0 Å². The summed E-state index contributed by atoms with van der Waals surface area (Å²) in [4.78, 5) is 0. The molecule has 2 rings (SSSR count). The molecular weight excluding hydrogens is 302 g/mol. The Labute approximate surface area is 125 Å². The first-order valence-corrected chi connectivity index (χ1v) is 6.57. The SMILES string of the molecule is Fc1ccc(F)c(NC(=S)NCc2ccc(Cl)cc2)c1. The molecule has 20 heavy (non-hydrogen) atoms. The molecule has 0 atom stereocenters. The van der Waals surface area contributed by atoms with Crippen molar-refractivity contribution in [1.29, 1.82) is 0 Å². The molecule has 2 N–H and O–H groups in total. The van der Waals surface area contributed by atoms with Crippen molar-refractivity contribution in [2.24, 2.45) is 0 Å². The van der Waals surface area contributed by atoms with E-state index < -0.39 is 11.6 Å². The number of halogens is 3. The smallest absolute Gasteiger partial charge is 0.171 e. The summed E-state index contributed by atoms with van der Waals surface area (Å²) in [6.45, 7) is 0.458. The van der Waals surface area contributed by atoms with Crippen molar-refractivity contribution < 1.29 is 8.78 Å². The van der Waals surface area contributed by atoms with Gasteiger partial charge in [0.05, 0.1) is 5.69 Å². The second-order valence-corrected chi connectivity index (χ2v) is 4.90. The molecule has 0 aliphatic heterocycles. The quantitative estimate of drug-likeness (QED) is 0.834. The van der Waals surface area contributed by atoms with Gasteiger partial charge in [-0.05, 0) is 42.0 Å². The maximum absolute atomic E-state index is 13.4. The fourth-order valence-corrected chi connectivity index (χ4v) is 1.85. The Balaban J connectivity index is 1.92. The van der Waals surface area contributed by atoms with E-state index in [1.165, 1.54) is 0 Å². The molecule has 0 radical (unpaired) electrons. The minimum atomic E-state index is -0.568. The van der Waals surface area contributed by atoms with Crippen LogP contribution in [0.1, 0.15) is 5.56 Å². The van der Waals surface area contributed by atoms with Gasteiger partial charge in [-0.25, -0.2) is 8.78 Å². The molecule has 0 aromatic heterocycles. The van der Waals surface area contributed by atoms with E-state index in [9.17, 15) is 8.78 Å². The van der Waals surface area contributed by atoms with E-state index in [1.54, 1.807) is 12.1 Å². The average molecular weight is 313 g/mol. The highest BCUT2D eigenvalue weighted by Gasteiger charge is 2.05. The molecule has 0 heterocycles. The Kier molecular flexibility index (Phi) is 4.87. The number of thiocarbonyl (C=S) groups is 1. The van der Waals surface area contributed by atoms with Crippen molar-refractivity contribution in [3.8, 4) is 0 Å². The maximum Gasteiger partial charge on any atom is 0.171 e. The van der Waals surface area contributed by atoms with Gasteiger partial charge in [-0.2, -0.15) is 0 Å². The highest BCUT2D eigenvalue weighted by molar-refractivity contribution is 7.80. The molecule has 0 saturated heterocycles. The summed E-state index contributed by atoms with van der Waals surface area (Å²) >= 11 is 10.8. The Bertz CT molecular complexity index is 617. The van der Waals surface area contributed by atoms with E-state index >= 15 is 0 Å². The lowest BCUT2D eigenvalue weighted by atomic mass is 10.2. The van der Waals surface area contributed by atoms with E-state index in [-0.39, 0.29) is 10.8 Å². The third-order valence-electron chi connectivity index (χ3n) is 2.54. The van der Waals surface area contributed by atoms with Gasteiger partial charge in [-0.1, -0.05) is 23.7 Å². The Morgan fingerprint density at radius 2 is 1.80 bits per heavy atom. The Morgan fingerprint density at radius 1 is 1.10 bits per heavy atom. The minimum absolute atomic E-state index is 0.00129. The zero-order chi connectivity index (χ0) is 14.5. The Hall–Kier alpha value is -1.72. The van der Waals surface area contributed by atoms with E-state index in [2.05, 4.69) is 10.6 Å². The van der Waals surface area contributed by atoms with Gasteiger partial charge >= 0.3 is 0 Å².